The fourth-order valence-corrected chi connectivity index (χ4v) is 5.96. The Balaban J connectivity index is 1.28. The largest absolute Gasteiger partial charge is 0.475 e. The van der Waals surface area contributed by atoms with Crippen LogP contribution < -0.4 is 5.73 Å². The Bertz CT molecular complexity index is 1240. The minimum atomic E-state index is -3.99. The predicted octanol–water partition coefficient (Wildman–Crippen LogP) is 3.24. The van der Waals surface area contributed by atoms with Crippen molar-refractivity contribution in [3.05, 3.63) is 52.4 Å². The molecule has 6 atom stereocenters. The lowest BCUT2D eigenvalue weighted by atomic mass is 10.1. The minimum Gasteiger partial charge on any atom is -0.387 e. The molecule has 2 aliphatic heterocycles. The van der Waals surface area contributed by atoms with Crippen LogP contribution in [-0.2, 0) is 22.9 Å². The quantitative estimate of drug-likeness (QED) is 0.419. The average molecular weight is 531 g/mol. The average Bonchev–Trinajstić information content (AvgIpc) is 3.34. The molecule has 0 saturated carbocycles. The second kappa shape index (κ2) is 9.34. The van der Waals surface area contributed by atoms with Crippen molar-refractivity contribution in [1.82, 2.24) is 14.5 Å². The summed E-state index contributed by atoms with van der Waals surface area (Å²) in [5.74, 6) is 0.275. The van der Waals surface area contributed by atoms with E-state index in [1.165, 1.54) is 10.9 Å². The van der Waals surface area contributed by atoms with Crippen LogP contribution in [0.2, 0.25) is 10.0 Å². The summed E-state index contributed by atoms with van der Waals surface area (Å²) in [5.41, 5.74) is 6.93. The van der Waals surface area contributed by atoms with Crippen LogP contribution in [-0.4, -0.2) is 56.3 Å². The molecule has 11 nitrogen and oxygen atoms in total. The number of rotatable bonds is 5. The third-order valence-corrected chi connectivity index (χ3v) is 7.60. The number of hydrogen-bond donors (Lipinski definition) is 3. The molecule has 0 radical (unpaired) electrons. The molecule has 14 heteroatoms. The first-order valence-electron chi connectivity index (χ1n) is 10.4. The van der Waals surface area contributed by atoms with E-state index < -0.39 is 38.5 Å². The number of fused-ring (bicyclic) bond motifs is 1. The molecule has 2 aliphatic rings. The lowest BCUT2D eigenvalue weighted by Gasteiger charge is -2.30. The maximum atomic E-state index is 13.1. The summed E-state index contributed by atoms with van der Waals surface area (Å²) in [7, 11) is -3.99. The van der Waals surface area contributed by atoms with Crippen LogP contribution >= 0.6 is 31.0 Å². The van der Waals surface area contributed by atoms with E-state index in [4.69, 9.17) is 47.2 Å². The molecule has 182 valence electrons. The number of aliphatic hydroxyl groups is 2. The Morgan fingerprint density at radius 3 is 2.74 bits per heavy atom. The van der Waals surface area contributed by atoms with Gasteiger partial charge in [-0.3, -0.25) is 13.6 Å². The molecule has 2 fully saturated rings. The van der Waals surface area contributed by atoms with E-state index in [0.29, 0.717) is 33.1 Å². The number of ether oxygens (including phenoxy) is 1. The van der Waals surface area contributed by atoms with Crippen molar-refractivity contribution in [2.75, 3.05) is 18.9 Å². The smallest absolute Gasteiger partial charge is 0.387 e. The number of nitrogens with zero attached hydrogens (tertiary/aromatic N) is 3. The van der Waals surface area contributed by atoms with E-state index in [2.05, 4.69) is 9.97 Å². The fourth-order valence-electron chi connectivity index (χ4n) is 4.02. The molecule has 3 aromatic rings. The first-order chi connectivity index (χ1) is 16.2. The summed E-state index contributed by atoms with van der Waals surface area (Å²) >= 11 is 12.1. The van der Waals surface area contributed by atoms with Crippen LogP contribution in [0, 0.1) is 0 Å². The summed E-state index contributed by atoms with van der Waals surface area (Å²) in [5, 5.41) is 22.5. The van der Waals surface area contributed by atoms with E-state index in [9.17, 15) is 14.8 Å². The monoisotopic (exact) mass is 530 g/mol. The van der Waals surface area contributed by atoms with Gasteiger partial charge in [0.15, 0.2) is 6.23 Å². The third-order valence-electron chi connectivity index (χ3n) is 5.69. The van der Waals surface area contributed by atoms with Gasteiger partial charge >= 0.3 is 7.82 Å². The lowest BCUT2D eigenvalue weighted by molar-refractivity contribution is -0.0576. The second-order valence-corrected chi connectivity index (χ2v) is 10.4. The highest BCUT2D eigenvalue weighted by molar-refractivity contribution is 7.48. The van der Waals surface area contributed by atoms with Gasteiger partial charge in [-0.05, 0) is 29.8 Å². The standard InChI is InChI=1S/C20H21Cl2N4O7P/c21-11-5-10(6-12(22)7-11)14-2-4-30-34(29,33-14)31-8-15-16(27)17(28)20(32-15)26-3-1-13-18(23)24-9-25-19(13)26/h1,3,5-7,9,14-17,20,27-28H,2,4,8H2,(H2,23,24,25)/t14-,15-,16-,17-,20-,34?/m1/s1. The number of aromatic nitrogens is 3. The van der Waals surface area contributed by atoms with Crippen LogP contribution in [0.5, 0.6) is 0 Å². The fraction of sp³-hybridized carbons (Fsp3) is 0.400. The summed E-state index contributed by atoms with van der Waals surface area (Å²) < 4.78 is 36.8. The number of halogens is 2. The zero-order valence-electron chi connectivity index (χ0n) is 17.5. The van der Waals surface area contributed by atoms with E-state index >= 15 is 0 Å². The maximum Gasteiger partial charge on any atom is 0.475 e. The molecule has 0 bridgehead atoms. The molecule has 0 amide bonds. The highest BCUT2D eigenvalue weighted by Crippen LogP contribution is 2.57. The molecule has 34 heavy (non-hydrogen) atoms. The van der Waals surface area contributed by atoms with E-state index in [-0.39, 0.29) is 19.0 Å². The number of anilines is 1. The molecular weight excluding hydrogens is 510 g/mol. The van der Waals surface area contributed by atoms with Gasteiger partial charge in [0.2, 0.25) is 0 Å². The van der Waals surface area contributed by atoms with Crippen molar-refractivity contribution in [2.24, 2.45) is 0 Å². The van der Waals surface area contributed by atoms with E-state index in [1.54, 1.807) is 30.5 Å². The second-order valence-electron chi connectivity index (χ2n) is 7.93. The zero-order chi connectivity index (χ0) is 24.0. The summed E-state index contributed by atoms with van der Waals surface area (Å²) in [4.78, 5) is 8.11. The molecule has 0 spiro atoms. The predicted molar refractivity (Wildman–Crippen MR) is 122 cm³/mol. The first-order valence-corrected chi connectivity index (χ1v) is 12.6. The Hall–Kier alpha value is -1.79. The Morgan fingerprint density at radius 1 is 1.21 bits per heavy atom. The van der Waals surface area contributed by atoms with Crippen LogP contribution in [0.15, 0.2) is 36.8 Å². The molecule has 2 aromatic heterocycles. The molecule has 4 N–H and O–H groups in total. The summed E-state index contributed by atoms with van der Waals surface area (Å²) in [6.45, 7) is -0.243. The van der Waals surface area contributed by atoms with Gasteiger partial charge in [-0.1, -0.05) is 23.2 Å². The lowest BCUT2D eigenvalue weighted by Crippen LogP contribution is -2.34. The molecule has 2 saturated heterocycles. The van der Waals surface area contributed by atoms with Gasteiger partial charge in [0.1, 0.15) is 36.1 Å². The molecule has 4 heterocycles. The number of phosphoric acid groups is 1. The van der Waals surface area contributed by atoms with Crippen molar-refractivity contribution in [3.63, 3.8) is 0 Å². The number of phosphoric ester groups is 1. The minimum absolute atomic E-state index is 0.113. The third kappa shape index (κ3) is 4.56. The molecular formula is C20H21Cl2N4O7P. The van der Waals surface area contributed by atoms with Crippen LogP contribution in [0.4, 0.5) is 5.82 Å². The van der Waals surface area contributed by atoms with Gasteiger partial charge < -0.3 is 25.3 Å². The van der Waals surface area contributed by atoms with Crippen molar-refractivity contribution in [2.45, 2.75) is 37.1 Å². The first kappa shape index (κ1) is 23.9. The van der Waals surface area contributed by atoms with Gasteiger partial charge in [-0.25, -0.2) is 14.5 Å². The van der Waals surface area contributed by atoms with Gasteiger partial charge in [-0.15, -0.1) is 0 Å². The van der Waals surface area contributed by atoms with Crippen molar-refractivity contribution < 1.29 is 33.1 Å². The SMILES string of the molecule is Nc1ncnc2c1ccn2[C@@H]1O[C@H](COP2(=O)OCC[C@H](c3cc(Cl)cc(Cl)c3)O2)[C@@H](O)[C@H]1O. The number of hydrogen-bond acceptors (Lipinski definition) is 10. The Kier molecular flexibility index (Phi) is 6.58. The highest BCUT2D eigenvalue weighted by atomic mass is 35.5. The number of nitrogen functional groups attached to an aromatic ring is 1. The van der Waals surface area contributed by atoms with E-state index in [0.717, 1.165) is 0 Å². The van der Waals surface area contributed by atoms with E-state index in [1.807, 2.05) is 0 Å². The van der Waals surface area contributed by atoms with Gasteiger partial charge in [0.05, 0.1) is 24.7 Å². The number of benzene rings is 1. The van der Waals surface area contributed by atoms with Crippen molar-refractivity contribution >= 4 is 47.9 Å². The van der Waals surface area contributed by atoms with Crippen LogP contribution in [0.25, 0.3) is 11.0 Å². The Morgan fingerprint density at radius 2 is 1.97 bits per heavy atom. The maximum absolute atomic E-state index is 13.1. The van der Waals surface area contributed by atoms with Crippen molar-refractivity contribution in [3.8, 4) is 0 Å². The van der Waals surface area contributed by atoms with Gasteiger partial charge in [-0.2, -0.15) is 0 Å². The van der Waals surface area contributed by atoms with Crippen LogP contribution in [0.3, 0.4) is 0 Å². The van der Waals surface area contributed by atoms with Crippen molar-refractivity contribution in [1.29, 1.82) is 0 Å². The summed E-state index contributed by atoms with van der Waals surface area (Å²) in [6, 6.07) is 6.59. The number of aliphatic hydroxyl groups excluding tert-OH is 2. The molecule has 0 aliphatic carbocycles. The normalized spacial score (nSPS) is 31.8. The Labute approximate surface area is 203 Å². The zero-order valence-corrected chi connectivity index (χ0v) is 19.9. The van der Waals surface area contributed by atoms with Gasteiger partial charge in [0, 0.05) is 22.7 Å². The molecule has 1 unspecified atom stereocenters. The molecule has 5 rings (SSSR count). The van der Waals surface area contributed by atoms with Gasteiger partial charge in [0.25, 0.3) is 0 Å². The highest BCUT2D eigenvalue weighted by Gasteiger charge is 2.46. The summed E-state index contributed by atoms with van der Waals surface area (Å²) in [6.07, 6.45) is -1.92. The number of nitrogens with two attached hydrogens (primary N) is 1. The topological polar surface area (TPSA) is 151 Å². The van der Waals surface area contributed by atoms with Crippen LogP contribution in [0.1, 0.15) is 24.3 Å². The molecule has 1 aromatic carbocycles.